The number of hydrogen-bond donors (Lipinski definition) is 3. The van der Waals surface area contributed by atoms with Gasteiger partial charge in [-0.3, -0.25) is 4.79 Å². The maximum Gasteiger partial charge on any atom is 0.275 e. The maximum atomic E-state index is 12.2. The second kappa shape index (κ2) is 10.0. The number of fused-ring (bicyclic) bond motifs is 1. The van der Waals surface area contributed by atoms with E-state index >= 15 is 0 Å². The molecule has 6 nitrogen and oxygen atoms in total. The summed E-state index contributed by atoms with van der Waals surface area (Å²) in [5.74, 6) is 2.76. The van der Waals surface area contributed by atoms with E-state index in [-0.39, 0.29) is 5.91 Å². The molecule has 4 rings (SSSR count). The van der Waals surface area contributed by atoms with Gasteiger partial charge in [-0.2, -0.15) is 0 Å². The minimum Gasteiger partial charge on any atom is -0.454 e. The van der Waals surface area contributed by atoms with Crippen molar-refractivity contribution in [1.82, 2.24) is 5.32 Å². The summed E-state index contributed by atoms with van der Waals surface area (Å²) in [5, 5.41) is 3.06. The Morgan fingerprint density at radius 1 is 0.966 bits per heavy atom. The SMILES string of the molecule is O=C(C[NH+]1CC[NH+](Cc2ccc3c(c2)OCO3)CC1)NCCSc1ccccc1. The van der Waals surface area contributed by atoms with Crippen LogP contribution in [0.5, 0.6) is 11.5 Å². The van der Waals surface area contributed by atoms with Gasteiger partial charge in [-0.15, -0.1) is 11.8 Å². The zero-order valence-electron chi connectivity index (χ0n) is 16.6. The summed E-state index contributed by atoms with van der Waals surface area (Å²) in [4.78, 5) is 16.4. The van der Waals surface area contributed by atoms with Gasteiger partial charge in [0.15, 0.2) is 18.0 Å². The van der Waals surface area contributed by atoms with Crippen molar-refractivity contribution in [2.45, 2.75) is 11.4 Å². The molecule has 0 aromatic heterocycles. The summed E-state index contributed by atoms with van der Waals surface area (Å²) in [7, 11) is 0. The molecule has 1 amide bonds. The van der Waals surface area contributed by atoms with Gasteiger partial charge in [0.2, 0.25) is 6.79 Å². The monoisotopic (exact) mass is 415 g/mol. The van der Waals surface area contributed by atoms with E-state index in [1.54, 1.807) is 16.7 Å². The Bertz CT molecular complexity index is 810. The van der Waals surface area contributed by atoms with Crippen LogP contribution in [0.4, 0.5) is 0 Å². The summed E-state index contributed by atoms with van der Waals surface area (Å²) in [6, 6.07) is 16.5. The lowest BCUT2D eigenvalue weighted by Gasteiger charge is -2.29. The van der Waals surface area contributed by atoms with Gasteiger partial charge in [0.25, 0.3) is 5.91 Å². The number of ether oxygens (including phenoxy) is 2. The van der Waals surface area contributed by atoms with Crippen molar-refractivity contribution >= 4 is 17.7 Å². The van der Waals surface area contributed by atoms with Gasteiger partial charge in [0.1, 0.15) is 32.7 Å². The molecule has 2 heterocycles. The first-order valence-electron chi connectivity index (χ1n) is 10.3. The van der Waals surface area contributed by atoms with Crippen LogP contribution >= 0.6 is 11.8 Å². The molecule has 0 bridgehead atoms. The van der Waals surface area contributed by atoms with Crippen LogP contribution in [0.3, 0.4) is 0 Å². The van der Waals surface area contributed by atoms with Crippen molar-refractivity contribution in [1.29, 1.82) is 0 Å². The molecule has 3 N–H and O–H groups in total. The van der Waals surface area contributed by atoms with Gasteiger partial charge in [0.05, 0.1) is 0 Å². The number of carbonyl (C=O) groups excluding carboxylic acids is 1. The molecule has 0 unspecified atom stereocenters. The fourth-order valence-electron chi connectivity index (χ4n) is 3.82. The van der Waals surface area contributed by atoms with E-state index in [1.807, 2.05) is 24.3 Å². The van der Waals surface area contributed by atoms with Gasteiger partial charge < -0.3 is 24.6 Å². The Labute approximate surface area is 176 Å². The molecule has 1 saturated heterocycles. The zero-order valence-corrected chi connectivity index (χ0v) is 17.4. The summed E-state index contributed by atoms with van der Waals surface area (Å²) < 4.78 is 10.9. The van der Waals surface area contributed by atoms with Crippen LogP contribution in [0, 0.1) is 0 Å². The Morgan fingerprint density at radius 2 is 1.72 bits per heavy atom. The topological polar surface area (TPSA) is 56.4 Å². The second-order valence-electron chi connectivity index (χ2n) is 7.55. The van der Waals surface area contributed by atoms with Crippen LogP contribution in [0.25, 0.3) is 0 Å². The highest BCUT2D eigenvalue weighted by molar-refractivity contribution is 7.99. The number of quaternary nitrogens is 2. The Morgan fingerprint density at radius 3 is 2.55 bits per heavy atom. The number of nitrogens with one attached hydrogen (secondary N) is 3. The highest BCUT2D eigenvalue weighted by Gasteiger charge is 2.25. The van der Waals surface area contributed by atoms with Gasteiger partial charge >= 0.3 is 0 Å². The Kier molecular flexibility index (Phi) is 6.92. The highest BCUT2D eigenvalue weighted by Crippen LogP contribution is 2.32. The molecule has 0 radical (unpaired) electrons. The van der Waals surface area contributed by atoms with Crippen LogP contribution in [0.15, 0.2) is 53.4 Å². The number of thioether (sulfide) groups is 1. The molecular formula is C22H29N3O3S+2. The third kappa shape index (κ3) is 5.88. The minimum absolute atomic E-state index is 0.160. The average molecular weight is 416 g/mol. The molecular weight excluding hydrogens is 386 g/mol. The Hall–Kier alpha value is -2.22. The van der Waals surface area contributed by atoms with Crippen molar-refractivity contribution in [3.8, 4) is 11.5 Å². The van der Waals surface area contributed by atoms with E-state index in [2.05, 4.69) is 29.6 Å². The summed E-state index contributed by atoms with van der Waals surface area (Å²) in [6.45, 7) is 6.84. The standard InChI is InChI=1S/C22H27N3O3S/c26-22(23-8-13-29-19-4-2-1-3-5-19)16-25-11-9-24(10-12-25)15-18-6-7-20-21(14-18)28-17-27-20/h1-7,14H,8-13,15-17H2,(H,23,26)/p+2. The van der Waals surface area contributed by atoms with Gasteiger partial charge in [-0.1, -0.05) is 18.2 Å². The fourth-order valence-corrected chi connectivity index (χ4v) is 4.61. The molecule has 2 aliphatic heterocycles. The van der Waals surface area contributed by atoms with E-state index in [0.29, 0.717) is 19.9 Å². The quantitative estimate of drug-likeness (QED) is 0.406. The molecule has 0 atom stereocenters. The Balaban J connectivity index is 1.12. The lowest BCUT2D eigenvalue weighted by atomic mass is 10.1. The third-order valence-corrected chi connectivity index (χ3v) is 6.42. The molecule has 2 aromatic carbocycles. The van der Waals surface area contributed by atoms with E-state index in [0.717, 1.165) is 50.0 Å². The third-order valence-electron chi connectivity index (χ3n) is 5.40. The number of hydrogen-bond acceptors (Lipinski definition) is 4. The molecule has 1 fully saturated rings. The van der Waals surface area contributed by atoms with Gasteiger partial charge in [-0.25, -0.2) is 0 Å². The number of piperazine rings is 1. The number of rotatable bonds is 8. The average Bonchev–Trinajstić information content (AvgIpc) is 3.21. The minimum atomic E-state index is 0.160. The zero-order chi connectivity index (χ0) is 19.9. The predicted molar refractivity (Wildman–Crippen MR) is 113 cm³/mol. The largest absolute Gasteiger partial charge is 0.454 e. The lowest BCUT2D eigenvalue weighted by Crippen LogP contribution is -3.28. The number of amides is 1. The second-order valence-corrected chi connectivity index (χ2v) is 8.72. The summed E-state index contributed by atoms with van der Waals surface area (Å²) in [5.41, 5.74) is 1.28. The van der Waals surface area contributed by atoms with E-state index in [9.17, 15) is 4.79 Å². The fraction of sp³-hybridized carbons (Fsp3) is 0.409. The van der Waals surface area contributed by atoms with Crippen LogP contribution < -0.4 is 24.6 Å². The van der Waals surface area contributed by atoms with Gasteiger partial charge in [-0.05, 0) is 30.3 Å². The molecule has 7 heteroatoms. The van der Waals surface area contributed by atoms with E-state index in [4.69, 9.17) is 9.47 Å². The highest BCUT2D eigenvalue weighted by atomic mass is 32.2. The molecule has 0 saturated carbocycles. The summed E-state index contributed by atoms with van der Waals surface area (Å²) >= 11 is 1.78. The summed E-state index contributed by atoms with van der Waals surface area (Å²) in [6.07, 6.45) is 0. The molecule has 0 spiro atoms. The van der Waals surface area contributed by atoms with Crippen LogP contribution in [0.2, 0.25) is 0 Å². The van der Waals surface area contributed by atoms with Crippen LogP contribution in [0.1, 0.15) is 5.56 Å². The molecule has 2 aliphatic rings. The predicted octanol–water partition coefficient (Wildman–Crippen LogP) is -0.393. The van der Waals surface area contributed by atoms with Crippen LogP contribution in [-0.2, 0) is 11.3 Å². The number of carbonyl (C=O) groups is 1. The van der Waals surface area contributed by atoms with Gasteiger partial charge in [0, 0.05) is 22.8 Å². The van der Waals surface area contributed by atoms with Crippen molar-refractivity contribution in [2.24, 2.45) is 0 Å². The van der Waals surface area contributed by atoms with E-state index < -0.39 is 0 Å². The van der Waals surface area contributed by atoms with Crippen molar-refractivity contribution in [2.75, 3.05) is 51.8 Å². The number of benzene rings is 2. The smallest absolute Gasteiger partial charge is 0.275 e. The lowest BCUT2D eigenvalue weighted by molar-refractivity contribution is -1.02. The normalized spacial score (nSPS) is 20.4. The molecule has 154 valence electrons. The van der Waals surface area contributed by atoms with Crippen molar-refractivity contribution < 1.29 is 24.1 Å². The first-order valence-corrected chi connectivity index (χ1v) is 11.2. The van der Waals surface area contributed by atoms with Crippen molar-refractivity contribution in [3.05, 3.63) is 54.1 Å². The first kappa shape index (κ1) is 20.1. The van der Waals surface area contributed by atoms with E-state index in [1.165, 1.54) is 15.4 Å². The molecule has 29 heavy (non-hydrogen) atoms. The van der Waals surface area contributed by atoms with Crippen LogP contribution in [-0.4, -0.2) is 57.7 Å². The first-order chi connectivity index (χ1) is 14.3. The molecule has 2 aromatic rings. The van der Waals surface area contributed by atoms with Crippen molar-refractivity contribution in [3.63, 3.8) is 0 Å². The molecule has 0 aliphatic carbocycles. The maximum absolute atomic E-state index is 12.2.